The van der Waals surface area contributed by atoms with Gasteiger partial charge in [-0.3, -0.25) is 0 Å². The molecule has 0 amide bonds. The molecule has 0 aliphatic heterocycles. The molecule has 0 aromatic rings. The van der Waals surface area contributed by atoms with Gasteiger partial charge in [0.15, 0.2) is 0 Å². The van der Waals surface area contributed by atoms with Gasteiger partial charge in [-0.1, -0.05) is 0 Å². The Morgan fingerprint density at radius 1 is 0.300 bits per heavy atom. The molecule has 0 radical (unpaired) electrons. The van der Waals surface area contributed by atoms with Crippen LogP contribution >= 0.6 is 0 Å². The molecular formula is H16BaO9. The predicted octanol–water partition coefficient (Wildman–Crippen LogP) is -6.51. The number of hydrogen-bond donors (Lipinski definition) is 0. The molecule has 72 valence electrons. The Hall–Kier alpha value is 1.21. The van der Waals surface area contributed by atoms with Gasteiger partial charge >= 0.3 is 48.9 Å². The van der Waals surface area contributed by atoms with Crippen molar-refractivity contribution in [2.45, 2.75) is 0 Å². The van der Waals surface area contributed by atoms with Crippen LogP contribution < -0.4 is 0 Å². The van der Waals surface area contributed by atoms with E-state index in [9.17, 15) is 0 Å². The topological polar surface area (TPSA) is 280 Å². The van der Waals surface area contributed by atoms with E-state index in [4.69, 9.17) is 0 Å². The molecule has 0 unspecified atom stereocenters. The summed E-state index contributed by atoms with van der Waals surface area (Å²) in [6, 6.07) is 0. The van der Waals surface area contributed by atoms with Crippen molar-refractivity contribution >= 4 is 48.9 Å². The molecule has 0 spiro atoms. The van der Waals surface area contributed by atoms with Crippen molar-refractivity contribution in [3.05, 3.63) is 0 Å². The number of rotatable bonds is 0. The molecular weight excluding hydrogens is 281 g/mol. The zero-order valence-electron chi connectivity index (χ0n) is 5.10. The monoisotopic (exact) mass is 298 g/mol. The molecule has 16 N–H and O–H groups in total. The molecule has 0 bridgehead atoms. The molecule has 10 heavy (non-hydrogen) atoms. The first-order chi connectivity index (χ1) is 0. The van der Waals surface area contributed by atoms with Crippen LogP contribution in [0.25, 0.3) is 0 Å². The molecule has 0 saturated heterocycles. The molecule has 0 rings (SSSR count). The Morgan fingerprint density at radius 3 is 0.300 bits per heavy atom. The average molecular weight is 297 g/mol. The molecule has 0 fully saturated rings. The van der Waals surface area contributed by atoms with Crippen molar-refractivity contribution in [2.75, 3.05) is 0 Å². The summed E-state index contributed by atoms with van der Waals surface area (Å²) in [7, 11) is 0. The molecule has 9 nitrogen and oxygen atoms in total. The Bertz CT molecular complexity index is 4.69. The van der Waals surface area contributed by atoms with Crippen molar-refractivity contribution in [3.8, 4) is 0 Å². The minimum absolute atomic E-state index is 0. The third-order valence-corrected chi connectivity index (χ3v) is 0. The summed E-state index contributed by atoms with van der Waals surface area (Å²) in [5, 5.41) is 0. The van der Waals surface area contributed by atoms with Crippen LogP contribution in [-0.4, -0.2) is 98.2 Å². The van der Waals surface area contributed by atoms with Gasteiger partial charge < -0.3 is 49.3 Å². The fourth-order valence-corrected chi connectivity index (χ4v) is 0. The van der Waals surface area contributed by atoms with E-state index in [1.165, 1.54) is 0 Å². The minimum Gasteiger partial charge on any atom is -0.870 e. The van der Waals surface area contributed by atoms with Gasteiger partial charge in [0.05, 0.1) is 0 Å². The molecule has 0 heterocycles. The van der Waals surface area contributed by atoms with Crippen molar-refractivity contribution in [1.29, 1.82) is 0 Å². The van der Waals surface area contributed by atoms with Gasteiger partial charge in [0.25, 0.3) is 0 Å². The third-order valence-electron chi connectivity index (χ3n) is 0. The maximum atomic E-state index is 0. The minimum atomic E-state index is 0. The Balaban J connectivity index is 0. The summed E-state index contributed by atoms with van der Waals surface area (Å²) < 4.78 is 0. The van der Waals surface area contributed by atoms with Gasteiger partial charge in [0.2, 0.25) is 0 Å². The van der Waals surface area contributed by atoms with E-state index in [1.807, 2.05) is 0 Å². The van der Waals surface area contributed by atoms with Crippen LogP contribution in [0.1, 0.15) is 0 Å². The fourth-order valence-electron chi connectivity index (χ4n) is 0. The maximum absolute atomic E-state index is 0. The molecule has 0 aliphatic carbocycles. The van der Waals surface area contributed by atoms with Gasteiger partial charge in [-0.15, -0.1) is 0 Å². The van der Waals surface area contributed by atoms with Crippen LogP contribution in [0.3, 0.4) is 0 Å². The van der Waals surface area contributed by atoms with Gasteiger partial charge in [-0.2, -0.15) is 0 Å². The SMILES string of the molecule is O.O.O.O.O.O.O.[Ba+2].[OH-].[OH-]. The first-order valence-corrected chi connectivity index (χ1v) is 0. The third kappa shape index (κ3) is 423. The second kappa shape index (κ2) is 590. The second-order valence-corrected chi connectivity index (χ2v) is 0. The summed E-state index contributed by atoms with van der Waals surface area (Å²) in [6.07, 6.45) is 0. The van der Waals surface area contributed by atoms with E-state index < -0.39 is 0 Å². The van der Waals surface area contributed by atoms with Gasteiger partial charge in [0.1, 0.15) is 0 Å². The predicted molar refractivity (Wildman–Crippen MR) is 34.9 cm³/mol. The van der Waals surface area contributed by atoms with Crippen molar-refractivity contribution < 1.29 is 49.3 Å². The summed E-state index contributed by atoms with van der Waals surface area (Å²) in [4.78, 5) is 0. The smallest absolute Gasteiger partial charge is 0.870 e. The molecule has 0 atom stereocenters. The Labute approximate surface area is 97.3 Å². The van der Waals surface area contributed by atoms with Gasteiger partial charge in [-0.25, -0.2) is 0 Å². The largest absolute Gasteiger partial charge is 2.00 e. The molecule has 0 saturated carbocycles. The Kier molecular flexibility index (Phi) is 47000. The van der Waals surface area contributed by atoms with Crippen molar-refractivity contribution in [1.82, 2.24) is 0 Å². The van der Waals surface area contributed by atoms with E-state index in [0.717, 1.165) is 0 Å². The second-order valence-electron chi connectivity index (χ2n) is 0. The molecule has 0 aliphatic rings. The standard InChI is InChI=1S/Ba.9H2O/h;9*1H2/q+2;;;;;;;;;/p-2. The summed E-state index contributed by atoms with van der Waals surface area (Å²) in [5.41, 5.74) is 0. The zero-order chi connectivity index (χ0) is 0. The summed E-state index contributed by atoms with van der Waals surface area (Å²) >= 11 is 0. The molecule has 10 heteroatoms. The first kappa shape index (κ1) is 797. The van der Waals surface area contributed by atoms with E-state index in [0.29, 0.717) is 0 Å². The maximum Gasteiger partial charge on any atom is 2.00 e. The van der Waals surface area contributed by atoms with Gasteiger partial charge in [0, 0.05) is 0 Å². The number of hydrogen-bond acceptors (Lipinski definition) is 2. The normalized spacial score (nSPS) is 0. The summed E-state index contributed by atoms with van der Waals surface area (Å²) in [5.74, 6) is 0. The van der Waals surface area contributed by atoms with Crippen LogP contribution in [0.2, 0.25) is 0 Å². The summed E-state index contributed by atoms with van der Waals surface area (Å²) in [6.45, 7) is 0. The van der Waals surface area contributed by atoms with Crippen molar-refractivity contribution in [2.24, 2.45) is 0 Å². The first-order valence-electron chi connectivity index (χ1n) is 0. The van der Waals surface area contributed by atoms with E-state index in [1.54, 1.807) is 0 Å². The molecule has 0 aromatic carbocycles. The average Bonchev–Trinajstić information content (AvgIpc) is 0. The van der Waals surface area contributed by atoms with Crippen LogP contribution in [0.4, 0.5) is 0 Å². The van der Waals surface area contributed by atoms with E-state index >= 15 is 0 Å². The van der Waals surface area contributed by atoms with Crippen LogP contribution in [0.15, 0.2) is 0 Å². The quantitative estimate of drug-likeness (QED) is 0.394. The van der Waals surface area contributed by atoms with Crippen LogP contribution in [0, 0.1) is 0 Å². The van der Waals surface area contributed by atoms with Crippen molar-refractivity contribution in [3.63, 3.8) is 0 Å². The van der Waals surface area contributed by atoms with Crippen LogP contribution in [-0.2, 0) is 0 Å². The van der Waals surface area contributed by atoms with Crippen LogP contribution in [0.5, 0.6) is 0 Å². The Morgan fingerprint density at radius 2 is 0.300 bits per heavy atom. The fraction of sp³-hybridized carbons (Fsp3) is 0. The van der Waals surface area contributed by atoms with E-state index in [2.05, 4.69) is 0 Å². The molecule has 0 aromatic heterocycles. The van der Waals surface area contributed by atoms with E-state index in [-0.39, 0.29) is 98.2 Å². The van der Waals surface area contributed by atoms with Gasteiger partial charge in [-0.05, 0) is 0 Å². The zero-order valence-corrected chi connectivity index (χ0v) is 9.54.